The van der Waals surface area contributed by atoms with Crippen molar-refractivity contribution in [1.29, 1.82) is 0 Å². The topological polar surface area (TPSA) is 88.0 Å². The van der Waals surface area contributed by atoms with Crippen molar-refractivity contribution < 1.29 is 8.91 Å². The highest BCUT2D eigenvalue weighted by Crippen LogP contribution is 2.42. The average molecular weight is 387 g/mol. The van der Waals surface area contributed by atoms with Crippen LogP contribution in [-0.2, 0) is 13.6 Å². The summed E-state index contributed by atoms with van der Waals surface area (Å²) < 4.78 is 23.6. The van der Waals surface area contributed by atoms with Gasteiger partial charge in [0.05, 0.1) is 22.6 Å². The zero-order chi connectivity index (χ0) is 21.6. The number of rotatable bonds is 3. The Labute approximate surface area is 165 Å². The van der Waals surface area contributed by atoms with Crippen LogP contribution in [-0.4, -0.2) is 39.7 Å². The molecule has 0 aliphatic carbocycles. The smallest absolute Gasteiger partial charge is 0.254 e. The van der Waals surface area contributed by atoms with Gasteiger partial charge in [0.1, 0.15) is 5.15 Å². The van der Waals surface area contributed by atoms with E-state index in [1.165, 1.54) is 12.3 Å². The molecule has 0 saturated heterocycles. The van der Waals surface area contributed by atoms with Crippen molar-refractivity contribution in [3.8, 4) is 11.3 Å². The lowest BCUT2D eigenvalue weighted by Crippen LogP contribution is -2.23. The van der Waals surface area contributed by atoms with Gasteiger partial charge >= 0.3 is 0 Å². The van der Waals surface area contributed by atoms with E-state index >= 15 is 0 Å². The fourth-order valence-corrected chi connectivity index (χ4v) is 3.40. The normalized spacial score (nSPS) is 14.5. The molecule has 1 aliphatic heterocycles. The first-order chi connectivity index (χ1) is 14.1. The van der Waals surface area contributed by atoms with Gasteiger partial charge < -0.3 is 15.5 Å². The number of carbonyl (C=O) groups is 1. The molecule has 138 valence electrons. The van der Waals surface area contributed by atoms with Gasteiger partial charge in [0, 0.05) is 61.4 Å². The Morgan fingerprint density at radius 2 is 2.22 bits per heavy atom. The first-order valence-corrected chi connectivity index (χ1v) is 8.48. The van der Waals surface area contributed by atoms with Crippen molar-refractivity contribution in [1.82, 2.24) is 25.1 Å². The third-order valence-electron chi connectivity index (χ3n) is 4.36. The maximum absolute atomic E-state index is 12.5. The van der Waals surface area contributed by atoms with Crippen molar-refractivity contribution in [3.05, 3.63) is 47.0 Å². The van der Waals surface area contributed by atoms with E-state index in [-0.39, 0.29) is 16.4 Å². The molecule has 3 aromatic heterocycles. The number of anilines is 3. The summed E-state index contributed by atoms with van der Waals surface area (Å²) in [5.41, 5.74) is 3.98. The van der Waals surface area contributed by atoms with E-state index in [4.69, 9.17) is 15.7 Å². The third kappa shape index (κ3) is 2.97. The molecule has 0 spiro atoms. The minimum absolute atomic E-state index is 0.0342. The number of hydrogen-bond acceptors (Lipinski definition) is 6. The standard InChI is InChI=1S/C18H18ClN7O/c1-20-18(27)12-7-22-14(19)6-13(12)23-17-16-11(4-5-21-17)15-10(8-25(16)2)9-26(3)24-15/h4-7,9H,8H2,1-3H3,(H,20,27)(H,21,22,23)/i1D3. The van der Waals surface area contributed by atoms with Crippen LogP contribution < -0.4 is 15.5 Å². The van der Waals surface area contributed by atoms with E-state index in [0.29, 0.717) is 12.4 Å². The molecule has 0 aromatic carbocycles. The second-order valence-corrected chi connectivity index (χ2v) is 6.61. The number of nitrogens with one attached hydrogen (secondary N) is 2. The molecule has 8 nitrogen and oxygen atoms in total. The molecule has 4 heterocycles. The number of aryl methyl sites for hydroxylation is 1. The molecular weight excluding hydrogens is 366 g/mol. The second kappa shape index (κ2) is 6.55. The van der Waals surface area contributed by atoms with Crippen LogP contribution in [0.2, 0.25) is 5.15 Å². The molecule has 0 radical (unpaired) electrons. The number of nitrogens with zero attached hydrogens (tertiary/aromatic N) is 5. The lowest BCUT2D eigenvalue weighted by atomic mass is 10.0. The van der Waals surface area contributed by atoms with Crippen LogP contribution in [0.15, 0.2) is 30.7 Å². The van der Waals surface area contributed by atoms with E-state index in [1.807, 2.05) is 36.6 Å². The van der Waals surface area contributed by atoms with E-state index in [9.17, 15) is 4.79 Å². The molecule has 4 rings (SSSR count). The molecule has 1 aliphatic rings. The second-order valence-electron chi connectivity index (χ2n) is 6.22. The first-order valence-electron chi connectivity index (χ1n) is 9.60. The Morgan fingerprint density at radius 1 is 1.37 bits per heavy atom. The fraction of sp³-hybridized carbons (Fsp3) is 0.222. The SMILES string of the molecule is [2H]C([2H])([2H])NC(=O)c1cnc(Cl)cc1Nc1nccc2c1N(C)Cc1cn(C)nc1-2. The molecule has 2 N–H and O–H groups in total. The van der Waals surface area contributed by atoms with Crippen LogP contribution >= 0.6 is 11.6 Å². The zero-order valence-electron chi connectivity index (χ0n) is 17.6. The molecule has 0 bridgehead atoms. The summed E-state index contributed by atoms with van der Waals surface area (Å²) in [6.45, 7) is -1.99. The first kappa shape index (κ1) is 14.0. The van der Waals surface area contributed by atoms with Crippen LogP contribution in [0.1, 0.15) is 20.0 Å². The summed E-state index contributed by atoms with van der Waals surface area (Å²) >= 11 is 6.03. The van der Waals surface area contributed by atoms with E-state index in [1.54, 1.807) is 10.9 Å². The van der Waals surface area contributed by atoms with Crippen LogP contribution in [0.5, 0.6) is 0 Å². The van der Waals surface area contributed by atoms with Crippen LogP contribution in [0.25, 0.3) is 11.3 Å². The molecular formula is C18H18ClN7O. The average Bonchev–Trinajstić information content (AvgIpc) is 3.00. The van der Waals surface area contributed by atoms with Gasteiger partial charge in [0.15, 0.2) is 5.82 Å². The van der Waals surface area contributed by atoms with E-state index in [2.05, 4.69) is 20.4 Å². The number of amides is 1. The third-order valence-corrected chi connectivity index (χ3v) is 4.56. The number of hydrogen-bond donors (Lipinski definition) is 2. The molecule has 0 atom stereocenters. The molecule has 27 heavy (non-hydrogen) atoms. The van der Waals surface area contributed by atoms with Gasteiger partial charge in [-0.15, -0.1) is 0 Å². The molecule has 0 saturated carbocycles. The van der Waals surface area contributed by atoms with Gasteiger partial charge in [0.2, 0.25) is 0 Å². The Hall–Kier alpha value is -3.13. The fourth-order valence-electron chi connectivity index (χ4n) is 3.25. The Balaban J connectivity index is 1.77. The lowest BCUT2D eigenvalue weighted by molar-refractivity contribution is 0.0963. The summed E-state index contributed by atoms with van der Waals surface area (Å²) in [6, 6.07) is 3.33. The molecule has 0 fully saturated rings. The highest BCUT2D eigenvalue weighted by atomic mass is 35.5. The van der Waals surface area contributed by atoms with Crippen LogP contribution in [0.4, 0.5) is 17.2 Å². The molecule has 1 amide bonds. The van der Waals surface area contributed by atoms with Crippen molar-refractivity contribution in [2.75, 3.05) is 24.2 Å². The predicted octanol–water partition coefficient (Wildman–Crippen LogP) is 2.58. The number of halogens is 1. The monoisotopic (exact) mass is 386 g/mol. The maximum atomic E-state index is 12.5. The van der Waals surface area contributed by atoms with Crippen LogP contribution in [0, 0.1) is 0 Å². The number of pyridine rings is 2. The predicted molar refractivity (Wildman–Crippen MR) is 104 cm³/mol. The molecule has 3 aromatic rings. The van der Waals surface area contributed by atoms with Gasteiger partial charge in [0.25, 0.3) is 5.91 Å². The van der Waals surface area contributed by atoms with Gasteiger partial charge in [-0.2, -0.15) is 5.10 Å². The number of carbonyl (C=O) groups excluding carboxylic acids is 1. The van der Waals surface area contributed by atoms with Crippen molar-refractivity contribution in [2.45, 2.75) is 6.54 Å². The lowest BCUT2D eigenvalue weighted by Gasteiger charge is -2.28. The van der Waals surface area contributed by atoms with Gasteiger partial charge in [-0.1, -0.05) is 11.6 Å². The summed E-state index contributed by atoms with van der Waals surface area (Å²) in [7, 11) is 3.80. The van der Waals surface area contributed by atoms with Gasteiger partial charge in [-0.05, 0) is 12.1 Å². The van der Waals surface area contributed by atoms with Gasteiger partial charge in [-0.25, -0.2) is 9.97 Å². The van der Waals surface area contributed by atoms with Crippen molar-refractivity contribution in [3.63, 3.8) is 0 Å². The molecule has 0 unspecified atom stereocenters. The highest BCUT2D eigenvalue weighted by molar-refractivity contribution is 6.29. The van der Waals surface area contributed by atoms with Gasteiger partial charge in [-0.3, -0.25) is 9.48 Å². The highest BCUT2D eigenvalue weighted by Gasteiger charge is 2.26. The van der Waals surface area contributed by atoms with Crippen LogP contribution in [0.3, 0.4) is 0 Å². The zero-order valence-corrected chi connectivity index (χ0v) is 15.4. The number of fused-ring (bicyclic) bond motifs is 3. The minimum Gasteiger partial charge on any atom is -0.367 e. The summed E-state index contributed by atoms with van der Waals surface area (Å²) in [5.74, 6) is -0.316. The van der Waals surface area contributed by atoms with E-state index in [0.717, 1.165) is 22.5 Å². The number of aromatic nitrogens is 4. The van der Waals surface area contributed by atoms with Crippen molar-refractivity contribution in [2.24, 2.45) is 7.05 Å². The van der Waals surface area contributed by atoms with E-state index < -0.39 is 12.9 Å². The summed E-state index contributed by atoms with van der Waals surface area (Å²) in [5, 5.41) is 9.78. The maximum Gasteiger partial charge on any atom is 0.254 e. The summed E-state index contributed by atoms with van der Waals surface area (Å²) in [4.78, 5) is 22.8. The Kier molecular flexibility index (Phi) is 3.39. The summed E-state index contributed by atoms with van der Waals surface area (Å²) in [6.07, 6.45) is 4.84. The molecule has 9 heteroatoms. The Bertz CT molecular complexity index is 1150. The minimum atomic E-state index is -2.63. The quantitative estimate of drug-likeness (QED) is 0.673. The Morgan fingerprint density at radius 3 is 3.04 bits per heavy atom. The largest absolute Gasteiger partial charge is 0.367 e. The van der Waals surface area contributed by atoms with Crippen molar-refractivity contribution >= 4 is 34.7 Å².